The van der Waals surface area contributed by atoms with Crippen LogP contribution in [0.15, 0.2) is 72.9 Å². The van der Waals surface area contributed by atoms with E-state index in [0.29, 0.717) is 11.3 Å². The minimum absolute atomic E-state index is 0.126. The summed E-state index contributed by atoms with van der Waals surface area (Å²) in [7, 11) is 1.96. The van der Waals surface area contributed by atoms with Crippen LogP contribution in [-0.4, -0.2) is 17.9 Å². The normalized spacial score (nSPS) is 10.2. The lowest BCUT2D eigenvalue weighted by molar-refractivity contribution is 0.102. The van der Waals surface area contributed by atoms with Gasteiger partial charge in [0, 0.05) is 18.3 Å². The Kier molecular flexibility index (Phi) is 4.57. The zero-order valence-corrected chi connectivity index (χ0v) is 13.7. The monoisotopic (exact) mass is 317 g/mol. The molecule has 4 nitrogen and oxygen atoms in total. The molecule has 0 fully saturated rings. The number of nitrogens with one attached hydrogen (secondary N) is 1. The Morgan fingerprint density at radius 1 is 0.958 bits per heavy atom. The molecule has 0 unspecified atom stereocenters. The summed E-state index contributed by atoms with van der Waals surface area (Å²) in [6, 6.07) is 21.3. The Balaban J connectivity index is 1.73. The molecule has 0 aliphatic carbocycles. The number of pyridine rings is 1. The summed E-state index contributed by atoms with van der Waals surface area (Å²) in [5, 5.41) is 2.88. The Morgan fingerprint density at radius 3 is 2.33 bits per heavy atom. The molecule has 0 aliphatic rings. The van der Waals surface area contributed by atoms with Crippen LogP contribution in [-0.2, 0) is 0 Å². The molecule has 1 aromatic heterocycles. The number of anilines is 3. The first-order valence-corrected chi connectivity index (χ1v) is 7.77. The summed E-state index contributed by atoms with van der Waals surface area (Å²) >= 11 is 0. The molecule has 1 heterocycles. The van der Waals surface area contributed by atoms with E-state index in [2.05, 4.69) is 10.3 Å². The quantitative estimate of drug-likeness (QED) is 0.775. The zero-order valence-electron chi connectivity index (χ0n) is 13.7. The summed E-state index contributed by atoms with van der Waals surface area (Å²) in [5.74, 6) is 0.689. The van der Waals surface area contributed by atoms with Gasteiger partial charge in [-0.25, -0.2) is 4.98 Å². The van der Waals surface area contributed by atoms with Gasteiger partial charge in [-0.1, -0.05) is 36.4 Å². The molecule has 0 bridgehead atoms. The fourth-order valence-corrected chi connectivity index (χ4v) is 2.47. The number of aryl methyl sites for hydroxylation is 1. The van der Waals surface area contributed by atoms with Gasteiger partial charge in [0.05, 0.1) is 11.9 Å². The number of hydrogen-bond acceptors (Lipinski definition) is 3. The van der Waals surface area contributed by atoms with Gasteiger partial charge in [-0.3, -0.25) is 4.79 Å². The van der Waals surface area contributed by atoms with E-state index in [1.165, 1.54) is 0 Å². The van der Waals surface area contributed by atoms with Crippen molar-refractivity contribution in [2.45, 2.75) is 6.92 Å². The molecule has 0 spiro atoms. The molecule has 0 atom stereocenters. The SMILES string of the molecule is Cc1ccccc1C(=O)Nc1ccc(N(C)c2ccccc2)nc1. The average molecular weight is 317 g/mol. The van der Waals surface area contributed by atoms with Gasteiger partial charge >= 0.3 is 0 Å². The van der Waals surface area contributed by atoms with Gasteiger partial charge in [-0.05, 0) is 42.8 Å². The maximum Gasteiger partial charge on any atom is 0.255 e. The molecule has 2 aromatic carbocycles. The minimum atomic E-state index is -0.126. The number of benzene rings is 2. The fourth-order valence-electron chi connectivity index (χ4n) is 2.47. The van der Waals surface area contributed by atoms with Crippen molar-refractivity contribution in [1.29, 1.82) is 0 Å². The van der Waals surface area contributed by atoms with Crippen LogP contribution in [0.25, 0.3) is 0 Å². The number of aromatic nitrogens is 1. The third kappa shape index (κ3) is 3.43. The van der Waals surface area contributed by atoms with Crippen LogP contribution in [0.5, 0.6) is 0 Å². The third-order valence-electron chi connectivity index (χ3n) is 3.88. The molecule has 0 saturated heterocycles. The van der Waals surface area contributed by atoms with E-state index in [0.717, 1.165) is 17.1 Å². The predicted octanol–water partition coefficient (Wildman–Crippen LogP) is 4.41. The highest BCUT2D eigenvalue weighted by molar-refractivity contribution is 6.05. The number of rotatable bonds is 4. The second-order valence-corrected chi connectivity index (χ2v) is 5.57. The van der Waals surface area contributed by atoms with Crippen molar-refractivity contribution in [2.75, 3.05) is 17.3 Å². The summed E-state index contributed by atoms with van der Waals surface area (Å²) in [6.07, 6.45) is 1.67. The maximum atomic E-state index is 12.3. The second kappa shape index (κ2) is 6.96. The Labute approximate surface area is 141 Å². The smallest absolute Gasteiger partial charge is 0.255 e. The lowest BCUT2D eigenvalue weighted by atomic mass is 10.1. The van der Waals surface area contributed by atoms with Gasteiger partial charge in [0.15, 0.2) is 0 Å². The highest BCUT2D eigenvalue weighted by atomic mass is 16.1. The lowest BCUT2D eigenvalue weighted by Gasteiger charge is -2.18. The molecule has 3 aromatic rings. The maximum absolute atomic E-state index is 12.3. The number of nitrogens with zero attached hydrogens (tertiary/aromatic N) is 2. The van der Waals surface area contributed by atoms with Crippen LogP contribution in [0.1, 0.15) is 15.9 Å². The Hall–Kier alpha value is -3.14. The van der Waals surface area contributed by atoms with Crippen LogP contribution >= 0.6 is 0 Å². The summed E-state index contributed by atoms with van der Waals surface area (Å²) < 4.78 is 0. The Morgan fingerprint density at radius 2 is 1.67 bits per heavy atom. The van der Waals surface area contributed by atoms with Gasteiger partial charge < -0.3 is 10.2 Å². The largest absolute Gasteiger partial charge is 0.329 e. The van der Waals surface area contributed by atoms with Crippen molar-refractivity contribution in [2.24, 2.45) is 0 Å². The molecule has 24 heavy (non-hydrogen) atoms. The van der Waals surface area contributed by atoms with Crippen LogP contribution in [0.2, 0.25) is 0 Å². The van der Waals surface area contributed by atoms with E-state index in [1.54, 1.807) is 6.20 Å². The number of amides is 1. The molecule has 3 rings (SSSR count). The van der Waals surface area contributed by atoms with Crippen LogP contribution in [0.4, 0.5) is 17.2 Å². The molecular weight excluding hydrogens is 298 g/mol. The van der Waals surface area contributed by atoms with E-state index >= 15 is 0 Å². The highest BCUT2D eigenvalue weighted by Gasteiger charge is 2.09. The molecule has 0 saturated carbocycles. The van der Waals surface area contributed by atoms with Crippen LogP contribution in [0.3, 0.4) is 0 Å². The van der Waals surface area contributed by atoms with Gasteiger partial charge in [-0.15, -0.1) is 0 Å². The molecule has 1 N–H and O–H groups in total. The highest BCUT2D eigenvalue weighted by Crippen LogP contribution is 2.22. The van der Waals surface area contributed by atoms with Crippen LogP contribution in [0, 0.1) is 6.92 Å². The molecule has 0 aliphatic heterocycles. The van der Waals surface area contributed by atoms with Gasteiger partial charge in [0.2, 0.25) is 0 Å². The number of carbonyl (C=O) groups is 1. The van der Waals surface area contributed by atoms with E-state index in [1.807, 2.05) is 85.6 Å². The zero-order chi connectivity index (χ0) is 16.9. The van der Waals surface area contributed by atoms with Crippen molar-refractivity contribution in [3.63, 3.8) is 0 Å². The van der Waals surface area contributed by atoms with Gasteiger partial charge in [0.25, 0.3) is 5.91 Å². The first kappa shape index (κ1) is 15.7. The van der Waals surface area contributed by atoms with E-state index in [9.17, 15) is 4.79 Å². The predicted molar refractivity (Wildman–Crippen MR) is 97.9 cm³/mol. The lowest BCUT2D eigenvalue weighted by Crippen LogP contribution is -2.14. The van der Waals surface area contributed by atoms with Gasteiger partial charge in [-0.2, -0.15) is 0 Å². The van der Waals surface area contributed by atoms with Crippen LogP contribution < -0.4 is 10.2 Å². The number of carbonyl (C=O) groups excluding carboxylic acids is 1. The first-order valence-electron chi connectivity index (χ1n) is 7.77. The van der Waals surface area contributed by atoms with Crippen molar-refractivity contribution in [3.8, 4) is 0 Å². The fraction of sp³-hybridized carbons (Fsp3) is 0.100. The van der Waals surface area contributed by atoms with E-state index < -0.39 is 0 Å². The van der Waals surface area contributed by atoms with Crippen molar-refractivity contribution in [1.82, 2.24) is 4.98 Å². The average Bonchev–Trinajstić information content (AvgIpc) is 2.63. The summed E-state index contributed by atoms with van der Waals surface area (Å²) in [4.78, 5) is 18.8. The van der Waals surface area contributed by atoms with Crippen molar-refractivity contribution < 1.29 is 4.79 Å². The summed E-state index contributed by atoms with van der Waals surface area (Å²) in [5.41, 5.74) is 3.35. The second-order valence-electron chi connectivity index (χ2n) is 5.57. The topological polar surface area (TPSA) is 45.2 Å². The third-order valence-corrected chi connectivity index (χ3v) is 3.88. The first-order chi connectivity index (χ1) is 11.6. The van der Waals surface area contributed by atoms with Gasteiger partial charge in [0.1, 0.15) is 5.82 Å². The summed E-state index contributed by atoms with van der Waals surface area (Å²) in [6.45, 7) is 1.92. The minimum Gasteiger partial charge on any atom is -0.329 e. The Bertz CT molecular complexity index is 829. The molecule has 4 heteroatoms. The number of hydrogen-bond donors (Lipinski definition) is 1. The van der Waals surface area contributed by atoms with Crippen molar-refractivity contribution >= 4 is 23.1 Å². The molecule has 1 amide bonds. The standard InChI is InChI=1S/C20H19N3O/c1-15-8-6-7-11-18(15)20(24)22-16-12-13-19(21-14-16)23(2)17-9-4-3-5-10-17/h3-14H,1-2H3,(H,22,24). The molecular formula is C20H19N3O. The molecule has 0 radical (unpaired) electrons. The number of para-hydroxylation sites is 1. The van der Waals surface area contributed by atoms with Crippen molar-refractivity contribution in [3.05, 3.63) is 84.1 Å². The van der Waals surface area contributed by atoms with E-state index in [4.69, 9.17) is 0 Å². The molecule has 120 valence electrons. The van der Waals surface area contributed by atoms with E-state index in [-0.39, 0.29) is 5.91 Å².